The van der Waals surface area contributed by atoms with Gasteiger partial charge in [0.2, 0.25) is 0 Å². The van der Waals surface area contributed by atoms with Gasteiger partial charge < -0.3 is 4.90 Å². The lowest BCUT2D eigenvalue weighted by Crippen LogP contribution is -2.35. The quantitative estimate of drug-likeness (QED) is 0.841. The van der Waals surface area contributed by atoms with Crippen LogP contribution in [0.1, 0.15) is 27.9 Å². The van der Waals surface area contributed by atoms with Gasteiger partial charge in [-0.1, -0.05) is 53.6 Å². The molecule has 0 atom stereocenters. The van der Waals surface area contributed by atoms with Crippen molar-refractivity contribution >= 4 is 17.5 Å². The Morgan fingerprint density at radius 3 is 2.67 bits per heavy atom. The molecule has 1 aliphatic rings. The van der Waals surface area contributed by atoms with Crippen LogP contribution in [0.3, 0.4) is 0 Å². The van der Waals surface area contributed by atoms with Crippen LogP contribution >= 0.6 is 11.6 Å². The maximum absolute atomic E-state index is 12.7. The van der Waals surface area contributed by atoms with Crippen LogP contribution in [0, 0.1) is 6.92 Å². The smallest absolute Gasteiger partial charge is 0.255 e. The molecule has 0 N–H and O–H groups in total. The molecule has 1 fully saturated rings. The summed E-state index contributed by atoms with van der Waals surface area (Å²) in [5.74, 6) is 0.0398. The van der Waals surface area contributed by atoms with E-state index in [1.54, 1.807) is 12.1 Å². The average Bonchev–Trinajstić information content (AvgIpc) is 2.80. The molecule has 1 aliphatic heterocycles. The zero-order valence-corrected chi connectivity index (χ0v) is 14.8. The van der Waals surface area contributed by atoms with E-state index in [4.69, 9.17) is 11.6 Å². The molecule has 0 unspecified atom stereocenters. The van der Waals surface area contributed by atoms with Gasteiger partial charge in [0.1, 0.15) is 0 Å². The van der Waals surface area contributed by atoms with E-state index in [9.17, 15) is 4.79 Å². The zero-order valence-electron chi connectivity index (χ0n) is 14.0. The third kappa shape index (κ3) is 4.16. The van der Waals surface area contributed by atoms with Gasteiger partial charge in [0.05, 0.1) is 10.6 Å². The Labute approximate surface area is 148 Å². The molecular formula is C20H23ClN2O. The minimum absolute atomic E-state index is 0.0398. The van der Waals surface area contributed by atoms with Crippen molar-refractivity contribution in [3.8, 4) is 0 Å². The van der Waals surface area contributed by atoms with Crippen molar-refractivity contribution in [1.29, 1.82) is 0 Å². The molecule has 0 bridgehead atoms. The summed E-state index contributed by atoms with van der Waals surface area (Å²) in [6.07, 6.45) is 0.988. The second-order valence-corrected chi connectivity index (χ2v) is 6.80. The van der Waals surface area contributed by atoms with Crippen LogP contribution in [0.4, 0.5) is 0 Å². The minimum Gasteiger partial charge on any atom is -0.337 e. The topological polar surface area (TPSA) is 23.6 Å². The van der Waals surface area contributed by atoms with Gasteiger partial charge in [-0.25, -0.2) is 0 Å². The maximum atomic E-state index is 12.7. The van der Waals surface area contributed by atoms with Gasteiger partial charge in [0.15, 0.2) is 0 Å². The number of rotatable bonds is 3. The lowest BCUT2D eigenvalue weighted by molar-refractivity contribution is 0.0761. The van der Waals surface area contributed by atoms with Crippen molar-refractivity contribution in [2.45, 2.75) is 19.9 Å². The molecule has 3 rings (SSSR count). The molecule has 1 amide bonds. The summed E-state index contributed by atoms with van der Waals surface area (Å²) in [7, 11) is 0. The predicted octanol–water partition coefficient (Wildman–Crippen LogP) is 4.00. The second kappa shape index (κ2) is 7.82. The van der Waals surface area contributed by atoms with Crippen LogP contribution < -0.4 is 0 Å². The van der Waals surface area contributed by atoms with Crippen molar-refractivity contribution in [2.75, 3.05) is 26.2 Å². The largest absolute Gasteiger partial charge is 0.337 e. The highest BCUT2D eigenvalue weighted by molar-refractivity contribution is 6.33. The van der Waals surface area contributed by atoms with Gasteiger partial charge in [-0.05, 0) is 31.0 Å². The van der Waals surface area contributed by atoms with Gasteiger partial charge in [-0.3, -0.25) is 9.69 Å². The van der Waals surface area contributed by atoms with Crippen LogP contribution in [0.2, 0.25) is 5.02 Å². The summed E-state index contributed by atoms with van der Waals surface area (Å²) in [5.41, 5.74) is 3.23. The second-order valence-electron chi connectivity index (χ2n) is 6.39. The number of hydrogen-bond donors (Lipinski definition) is 0. The van der Waals surface area contributed by atoms with E-state index < -0.39 is 0 Å². The number of carbonyl (C=O) groups is 1. The Morgan fingerprint density at radius 1 is 1.04 bits per heavy atom. The maximum Gasteiger partial charge on any atom is 0.255 e. The zero-order chi connectivity index (χ0) is 16.9. The third-order valence-corrected chi connectivity index (χ3v) is 4.80. The number of nitrogens with zero attached hydrogens (tertiary/aromatic N) is 2. The summed E-state index contributed by atoms with van der Waals surface area (Å²) in [4.78, 5) is 17.1. The van der Waals surface area contributed by atoms with E-state index in [1.165, 1.54) is 11.1 Å². The molecule has 0 saturated carbocycles. The van der Waals surface area contributed by atoms with Gasteiger partial charge >= 0.3 is 0 Å². The summed E-state index contributed by atoms with van der Waals surface area (Å²) in [5, 5.41) is 0.531. The van der Waals surface area contributed by atoms with Crippen LogP contribution in [-0.4, -0.2) is 41.9 Å². The highest BCUT2D eigenvalue weighted by Gasteiger charge is 2.21. The van der Waals surface area contributed by atoms with E-state index in [-0.39, 0.29) is 5.91 Å². The lowest BCUT2D eigenvalue weighted by Gasteiger charge is -2.22. The molecule has 3 nitrogen and oxygen atoms in total. The molecule has 0 aliphatic carbocycles. The molecule has 4 heteroatoms. The Kier molecular flexibility index (Phi) is 5.54. The Hall–Kier alpha value is -1.84. The number of carbonyl (C=O) groups excluding carboxylic acids is 1. The third-order valence-electron chi connectivity index (χ3n) is 4.47. The van der Waals surface area contributed by atoms with Crippen molar-refractivity contribution < 1.29 is 4.79 Å². The number of halogens is 1. The Morgan fingerprint density at radius 2 is 1.88 bits per heavy atom. The molecule has 0 spiro atoms. The van der Waals surface area contributed by atoms with E-state index in [0.717, 1.165) is 39.1 Å². The van der Waals surface area contributed by atoms with Crippen LogP contribution in [0.5, 0.6) is 0 Å². The van der Waals surface area contributed by atoms with E-state index in [0.29, 0.717) is 10.6 Å². The van der Waals surface area contributed by atoms with Crippen LogP contribution in [0.25, 0.3) is 0 Å². The number of aryl methyl sites for hydroxylation is 1. The lowest BCUT2D eigenvalue weighted by atomic mass is 10.1. The molecule has 1 saturated heterocycles. The Balaban J connectivity index is 1.63. The van der Waals surface area contributed by atoms with E-state index >= 15 is 0 Å². The van der Waals surface area contributed by atoms with Gasteiger partial charge in [0, 0.05) is 32.7 Å². The fourth-order valence-corrected chi connectivity index (χ4v) is 3.42. The first kappa shape index (κ1) is 17.0. The first-order valence-electron chi connectivity index (χ1n) is 8.45. The highest BCUT2D eigenvalue weighted by atomic mass is 35.5. The summed E-state index contributed by atoms with van der Waals surface area (Å²) in [6.45, 7) is 6.50. The molecule has 24 heavy (non-hydrogen) atoms. The van der Waals surface area contributed by atoms with Crippen molar-refractivity contribution in [1.82, 2.24) is 9.80 Å². The monoisotopic (exact) mass is 342 g/mol. The molecule has 126 valence electrons. The molecule has 1 heterocycles. The van der Waals surface area contributed by atoms with E-state index in [2.05, 4.69) is 36.1 Å². The van der Waals surface area contributed by atoms with Crippen molar-refractivity contribution in [3.05, 3.63) is 70.2 Å². The average molecular weight is 343 g/mol. The molecule has 0 aromatic heterocycles. The molecule has 2 aromatic carbocycles. The van der Waals surface area contributed by atoms with Crippen LogP contribution in [-0.2, 0) is 6.54 Å². The van der Waals surface area contributed by atoms with Gasteiger partial charge in [0.25, 0.3) is 5.91 Å². The van der Waals surface area contributed by atoms with Gasteiger partial charge in [-0.15, -0.1) is 0 Å². The first-order chi connectivity index (χ1) is 11.6. The fourth-order valence-electron chi connectivity index (χ4n) is 3.21. The normalized spacial score (nSPS) is 16.0. The summed E-state index contributed by atoms with van der Waals surface area (Å²) in [6, 6.07) is 15.9. The number of benzene rings is 2. The molecule has 2 aromatic rings. The van der Waals surface area contributed by atoms with Crippen molar-refractivity contribution in [3.63, 3.8) is 0 Å². The molecule has 0 radical (unpaired) electrons. The standard InChI is InChI=1S/C20H23ClN2O/c1-16-6-4-7-17(14-16)15-22-10-5-11-23(13-12-22)20(24)18-8-2-3-9-19(18)21/h2-4,6-9,14H,5,10-13,15H2,1H3. The van der Waals surface area contributed by atoms with Crippen LogP contribution in [0.15, 0.2) is 48.5 Å². The summed E-state index contributed by atoms with van der Waals surface area (Å²) >= 11 is 6.17. The Bertz CT molecular complexity index is 716. The predicted molar refractivity (Wildman–Crippen MR) is 98.4 cm³/mol. The minimum atomic E-state index is 0.0398. The van der Waals surface area contributed by atoms with E-state index in [1.807, 2.05) is 17.0 Å². The number of amides is 1. The molecular weight excluding hydrogens is 320 g/mol. The highest BCUT2D eigenvalue weighted by Crippen LogP contribution is 2.18. The number of hydrogen-bond acceptors (Lipinski definition) is 2. The SMILES string of the molecule is Cc1cccc(CN2CCCN(C(=O)c3ccccc3Cl)CC2)c1. The fraction of sp³-hybridized carbons (Fsp3) is 0.350. The first-order valence-corrected chi connectivity index (χ1v) is 8.83. The van der Waals surface area contributed by atoms with Crippen molar-refractivity contribution in [2.24, 2.45) is 0 Å². The van der Waals surface area contributed by atoms with Gasteiger partial charge in [-0.2, -0.15) is 0 Å². The summed E-state index contributed by atoms with van der Waals surface area (Å²) < 4.78 is 0.